The van der Waals surface area contributed by atoms with E-state index in [-0.39, 0.29) is 12.0 Å². The van der Waals surface area contributed by atoms with Gasteiger partial charge in [-0.25, -0.2) is 9.97 Å². The van der Waals surface area contributed by atoms with Crippen LogP contribution in [-0.4, -0.2) is 51.6 Å². The number of nitrogens with zero attached hydrogens (tertiary/aromatic N) is 4. The lowest BCUT2D eigenvalue weighted by Gasteiger charge is -2.32. The van der Waals surface area contributed by atoms with Crippen molar-refractivity contribution < 1.29 is 9.53 Å². The second-order valence-corrected chi connectivity index (χ2v) is 5.94. The van der Waals surface area contributed by atoms with Gasteiger partial charge in [-0.1, -0.05) is 6.92 Å². The SMILES string of the molecule is CCCO[C@@H]1CCCN(C(=O)c2ccnc(-c3cncnc3)c2)C1. The van der Waals surface area contributed by atoms with Crippen molar-refractivity contribution in [1.82, 2.24) is 19.9 Å². The zero-order chi connectivity index (χ0) is 16.8. The monoisotopic (exact) mass is 326 g/mol. The minimum Gasteiger partial charge on any atom is -0.376 e. The molecule has 1 fully saturated rings. The summed E-state index contributed by atoms with van der Waals surface area (Å²) in [5.41, 5.74) is 2.15. The van der Waals surface area contributed by atoms with Crippen LogP contribution in [0.5, 0.6) is 0 Å². The summed E-state index contributed by atoms with van der Waals surface area (Å²) >= 11 is 0. The first-order valence-electron chi connectivity index (χ1n) is 8.40. The van der Waals surface area contributed by atoms with Gasteiger partial charge in [0.2, 0.25) is 0 Å². The van der Waals surface area contributed by atoms with Crippen LogP contribution in [-0.2, 0) is 4.74 Å². The zero-order valence-corrected chi connectivity index (χ0v) is 13.9. The van der Waals surface area contributed by atoms with Gasteiger partial charge in [-0.2, -0.15) is 0 Å². The van der Waals surface area contributed by atoms with E-state index in [1.165, 1.54) is 6.33 Å². The van der Waals surface area contributed by atoms with E-state index in [2.05, 4.69) is 21.9 Å². The van der Waals surface area contributed by atoms with Gasteiger partial charge in [-0.05, 0) is 31.4 Å². The summed E-state index contributed by atoms with van der Waals surface area (Å²) in [5.74, 6) is 0.0281. The number of piperidine rings is 1. The molecule has 1 aliphatic rings. The van der Waals surface area contributed by atoms with Crippen LogP contribution in [0.1, 0.15) is 36.5 Å². The van der Waals surface area contributed by atoms with Crippen molar-refractivity contribution in [3.63, 3.8) is 0 Å². The molecule has 2 aromatic rings. The van der Waals surface area contributed by atoms with E-state index < -0.39 is 0 Å². The van der Waals surface area contributed by atoms with Gasteiger partial charge in [-0.15, -0.1) is 0 Å². The molecule has 0 aromatic carbocycles. The van der Waals surface area contributed by atoms with Crippen molar-refractivity contribution in [2.75, 3.05) is 19.7 Å². The topological polar surface area (TPSA) is 68.2 Å². The average molecular weight is 326 g/mol. The van der Waals surface area contributed by atoms with Crippen molar-refractivity contribution in [3.8, 4) is 11.3 Å². The number of pyridine rings is 1. The van der Waals surface area contributed by atoms with Crippen LogP contribution in [0.4, 0.5) is 0 Å². The molecule has 3 heterocycles. The van der Waals surface area contributed by atoms with Gasteiger partial charge in [-0.3, -0.25) is 9.78 Å². The number of amides is 1. The van der Waals surface area contributed by atoms with E-state index in [1.807, 2.05) is 4.90 Å². The smallest absolute Gasteiger partial charge is 0.254 e. The number of hydrogen-bond acceptors (Lipinski definition) is 5. The maximum absolute atomic E-state index is 12.8. The normalized spacial score (nSPS) is 17.7. The molecule has 1 aliphatic heterocycles. The van der Waals surface area contributed by atoms with Gasteiger partial charge in [0.25, 0.3) is 5.91 Å². The molecule has 0 spiro atoms. The van der Waals surface area contributed by atoms with Crippen LogP contribution in [0.2, 0.25) is 0 Å². The fourth-order valence-electron chi connectivity index (χ4n) is 2.88. The van der Waals surface area contributed by atoms with Crippen molar-refractivity contribution in [1.29, 1.82) is 0 Å². The first-order chi connectivity index (χ1) is 11.8. The van der Waals surface area contributed by atoms with Crippen molar-refractivity contribution in [2.45, 2.75) is 32.3 Å². The number of aromatic nitrogens is 3. The molecule has 0 aliphatic carbocycles. The third-order valence-corrected chi connectivity index (χ3v) is 4.09. The number of ether oxygens (including phenoxy) is 1. The molecule has 0 bridgehead atoms. The van der Waals surface area contributed by atoms with Gasteiger partial charge >= 0.3 is 0 Å². The molecule has 0 unspecified atom stereocenters. The maximum atomic E-state index is 12.8. The van der Waals surface area contributed by atoms with Crippen LogP contribution in [0.3, 0.4) is 0 Å². The second kappa shape index (κ2) is 7.97. The lowest BCUT2D eigenvalue weighted by molar-refractivity contribution is 0.00211. The highest BCUT2D eigenvalue weighted by Crippen LogP contribution is 2.19. The summed E-state index contributed by atoms with van der Waals surface area (Å²) in [7, 11) is 0. The van der Waals surface area contributed by atoms with Crippen LogP contribution < -0.4 is 0 Å². The number of carbonyl (C=O) groups excluding carboxylic acids is 1. The highest BCUT2D eigenvalue weighted by molar-refractivity contribution is 5.95. The molecular weight excluding hydrogens is 304 g/mol. The lowest BCUT2D eigenvalue weighted by atomic mass is 10.1. The Morgan fingerprint density at radius 1 is 1.38 bits per heavy atom. The van der Waals surface area contributed by atoms with Gasteiger partial charge in [0.1, 0.15) is 6.33 Å². The van der Waals surface area contributed by atoms with Crippen molar-refractivity contribution in [2.24, 2.45) is 0 Å². The van der Waals surface area contributed by atoms with Crippen LogP contribution >= 0.6 is 0 Å². The maximum Gasteiger partial charge on any atom is 0.254 e. The zero-order valence-electron chi connectivity index (χ0n) is 13.9. The Hall–Kier alpha value is -2.34. The molecule has 0 saturated carbocycles. The summed E-state index contributed by atoms with van der Waals surface area (Å²) in [5, 5.41) is 0. The fourth-order valence-corrected chi connectivity index (χ4v) is 2.88. The Labute approximate surface area is 141 Å². The molecule has 1 saturated heterocycles. The molecular formula is C18H22N4O2. The lowest BCUT2D eigenvalue weighted by Crippen LogP contribution is -2.43. The molecule has 1 amide bonds. The average Bonchev–Trinajstić information content (AvgIpc) is 2.67. The fraction of sp³-hybridized carbons (Fsp3) is 0.444. The molecule has 6 heteroatoms. The summed E-state index contributed by atoms with van der Waals surface area (Å²) in [6.07, 6.45) is 9.66. The summed E-state index contributed by atoms with van der Waals surface area (Å²) < 4.78 is 5.82. The van der Waals surface area contributed by atoms with E-state index in [0.29, 0.717) is 17.8 Å². The van der Waals surface area contributed by atoms with Crippen LogP contribution in [0.25, 0.3) is 11.3 Å². The van der Waals surface area contributed by atoms with Gasteiger partial charge in [0.05, 0.1) is 11.8 Å². The summed E-state index contributed by atoms with van der Waals surface area (Å²) in [4.78, 5) is 27.0. The highest BCUT2D eigenvalue weighted by Gasteiger charge is 2.25. The number of rotatable bonds is 5. The van der Waals surface area contributed by atoms with Gasteiger partial charge in [0, 0.05) is 49.4 Å². The van der Waals surface area contributed by atoms with Gasteiger partial charge in [0.15, 0.2) is 0 Å². The minimum atomic E-state index is 0.0281. The molecule has 2 aromatic heterocycles. The Bertz CT molecular complexity index is 678. The number of likely N-dealkylation sites (tertiary alicyclic amines) is 1. The van der Waals surface area contributed by atoms with E-state index in [4.69, 9.17) is 4.74 Å². The highest BCUT2D eigenvalue weighted by atomic mass is 16.5. The molecule has 3 rings (SSSR count). The molecule has 0 N–H and O–H groups in total. The summed E-state index contributed by atoms with van der Waals surface area (Å²) in [6, 6.07) is 3.56. The van der Waals surface area contributed by atoms with E-state index in [1.54, 1.807) is 30.7 Å². The van der Waals surface area contributed by atoms with Crippen molar-refractivity contribution >= 4 is 5.91 Å². The third kappa shape index (κ3) is 3.94. The second-order valence-electron chi connectivity index (χ2n) is 5.94. The van der Waals surface area contributed by atoms with E-state index in [0.717, 1.165) is 38.0 Å². The Balaban J connectivity index is 1.73. The van der Waals surface area contributed by atoms with E-state index in [9.17, 15) is 4.79 Å². The predicted octanol–water partition coefficient (Wildman–Crippen LogP) is 2.57. The number of hydrogen-bond donors (Lipinski definition) is 0. The van der Waals surface area contributed by atoms with Crippen LogP contribution in [0, 0.1) is 0 Å². The Morgan fingerprint density at radius 2 is 2.21 bits per heavy atom. The van der Waals surface area contributed by atoms with Crippen molar-refractivity contribution in [3.05, 3.63) is 42.6 Å². The number of carbonyl (C=O) groups is 1. The first kappa shape index (κ1) is 16.5. The third-order valence-electron chi connectivity index (χ3n) is 4.09. The van der Waals surface area contributed by atoms with Crippen LogP contribution in [0.15, 0.2) is 37.1 Å². The molecule has 126 valence electrons. The Kier molecular flexibility index (Phi) is 5.48. The standard InChI is InChI=1S/C18H22N4O2/c1-2-8-24-16-4-3-7-22(12-16)18(23)14-5-6-21-17(9-14)15-10-19-13-20-11-15/h5-6,9-11,13,16H,2-4,7-8,12H2,1H3/t16-/m1/s1. The quantitative estimate of drug-likeness (QED) is 0.845. The first-order valence-corrected chi connectivity index (χ1v) is 8.40. The molecule has 1 atom stereocenters. The molecule has 24 heavy (non-hydrogen) atoms. The molecule has 0 radical (unpaired) electrons. The summed E-state index contributed by atoms with van der Waals surface area (Å²) in [6.45, 7) is 4.28. The largest absolute Gasteiger partial charge is 0.376 e. The minimum absolute atomic E-state index is 0.0281. The molecule has 6 nitrogen and oxygen atoms in total. The Morgan fingerprint density at radius 3 is 3.00 bits per heavy atom. The predicted molar refractivity (Wildman–Crippen MR) is 90.4 cm³/mol. The van der Waals surface area contributed by atoms with Gasteiger partial charge < -0.3 is 9.64 Å². The van der Waals surface area contributed by atoms with E-state index >= 15 is 0 Å².